The van der Waals surface area contributed by atoms with Crippen molar-refractivity contribution < 1.29 is 42.3 Å². The summed E-state index contributed by atoms with van der Waals surface area (Å²) in [4.78, 5) is 16.4. The Kier molecular flexibility index (Phi) is 16.8. The number of Topliss-reactive ketones (excluding diaryl/α,β-unsaturated/α-hetero) is 1. The summed E-state index contributed by atoms with van der Waals surface area (Å²) >= 11 is 0. The quantitative estimate of drug-likeness (QED) is 0.362. The van der Waals surface area contributed by atoms with E-state index in [0.717, 1.165) is 19.3 Å². The molecule has 0 aliphatic heterocycles. The van der Waals surface area contributed by atoms with Crippen LogP contribution in [0.1, 0.15) is 67.7 Å². The molecule has 0 saturated heterocycles. The summed E-state index contributed by atoms with van der Waals surface area (Å²) in [7, 11) is 0. The Hall–Kier alpha value is 0.244. The van der Waals surface area contributed by atoms with Crippen molar-refractivity contribution in [2.75, 3.05) is 6.61 Å². The molecule has 0 aromatic heterocycles. The summed E-state index contributed by atoms with van der Waals surface area (Å²) in [5, 5.41) is 3.59. The molecular weight excluding hydrogens is 351 g/mol. The van der Waals surface area contributed by atoms with Crippen molar-refractivity contribution in [3.63, 3.8) is 0 Å². The molecule has 3 nitrogen and oxygen atoms in total. The molecule has 0 N–H and O–H groups in total. The van der Waals surface area contributed by atoms with Crippen LogP contribution in [-0.2, 0) is 42.3 Å². The van der Waals surface area contributed by atoms with E-state index in [1.54, 1.807) is 6.21 Å². The monoisotopic (exact) mass is 386 g/mol. The van der Waals surface area contributed by atoms with Gasteiger partial charge in [-0.3, -0.25) is 0 Å². The number of nitrogens with zero attached hydrogens (tertiary/aromatic N) is 1. The Labute approximate surface area is 163 Å². The molecule has 0 aromatic carbocycles. The van der Waals surface area contributed by atoms with Crippen molar-refractivity contribution in [1.29, 1.82) is 0 Å². The summed E-state index contributed by atoms with van der Waals surface area (Å²) in [6, 6.07) is 0. The molecule has 0 aliphatic carbocycles. The maximum atomic E-state index is 11.8. The zero-order chi connectivity index (χ0) is 17.1. The van der Waals surface area contributed by atoms with E-state index in [-0.39, 0.29) is 55.2 Å². The molecule has 0 rings (SSSR count). The smallest absolute Gasteiger partial charge is 0.111 e. The van der Waals surface area contributed by atoms with Crippen LogP contribution in [0.15, 0.2) is 5.16 Å². The molecule has 0 amide bonds. The Morgan fingerprint density at radius 3 is 2.05 bits per heavy atom. The van der Waals surface area contributed by atoms with Crippen molar-refractivity contribution in [3.8, 4) is 0 Å². The van der Waals surface area contributed by atoms with Crippen molar-refractivity contribution in [1.82, 2.24) is 0 Å². The molecule has 0 bridgehead atoms. The van der Waals surface area contributed by atoms with Crippen LogP contribution in [0, 0.1) is 30.6 Å². The summed E-state index contributed by atoms with van der Waals surface area (Å²) in [6.07, 6.45) is 4.72. The Morgan fingerprint density at radius 2 is 1.73 bits per heavy atom. The van der Waals surface area contributed by atoms with Gasteiger partial charge in [0.2, 0.25) is 0 Å². The van der Waals surface area contributed by atoms with Gasteiger partial charge in [-0.1, -0.05) is 61.3 Å². The molecule has 0 fully saturated rings. The third-order valence-corrected chi connectivity index (χ3v) is 2.63. The molecule has 1 radical (unpaired) electrons. The molecule has 0 aromatic rings. The maximum Gasteiger partial charge on any atom is 0.111 e. The third-order valence-electron chi connectivity index (χ3n) is 2.63. The molecule has 129 valence electrons. The predicted octanol–water partition coefficient (Wildman–Crippen LogP) is 5.11. The van der Waals surface area contributed by atoms with E-state index in [4.69, 9.17) is 0 Å². The zero-order valence-corrected chi connectivity index (χ0v) is 18.6. The van der Waals surface area contributed by atoms with Crippen molar-refractivity contribution in [3.05, 3.63) is 13.8 Å². The number of carbonyl (C=O) groups excluding carboxylic acids is 1. The number of unbranched alkanes of at least 4 members (excludes halogenated alkanes) is 1. The Bertz CT molecular complexity index is 293. The van der Waals surface area contributed by atoms with E-state index in [1.165, 1.54) is 0 Å². The Morgan fingerprint density at radius 1 is 1.23 bits per heavy atom. The average molecular weight is 386 g/mol. The van der Waals surface area contributed by atoms with Gasteiger partial charge in [0.25, 0.3) is 0 Å². The van der Waals surface area contributed by atoms with E-state index in [2.05, 4.69) is 51.5 Å². The number of hydrogen-bond donors (Lipinski definition) is 0. The van der Waals surface area contributed by atoms with E-state index >= 15 is 0 Å². The first-order valence-corrected chi connectivity index (χ1v) is 7.76. The van der Waals surface area contributed by atoms with E-state index < -0.39 is 0 Å². The van der Waals surface area contributed by atoms with Gasteiger partial charge in [0.05, 0.1) is 0 Å². The van der Waals surface area contributed by atoms with Gasteiger partial charge in [-0.05, 0) is 18.4 Å². The minimum atomic E-state index is -0.252. The van der Waals surface area contributed by atoms with Gasteiger partial charge in [0, 0.05) is 44.3 Å². The topological polar surface area (TPSA) is 38.7 Å². The standard InChI is InChI=1S/C12H23O.C6H12NO.Y/c1-9(8-11(2,3)4)10(13)12(5,6)7;1-3-5-6-7-8-4-2;/h9H,1,8H2,2-7H3;6H,2-5H2,1H3;/q2*-1;/b;7-6+;. The van der Waals surface area contributed by atoms with Crippen LogP contribution in [0.4, 0.5) is 0 Å². The number of oxime groups is 1. The second-order valence-electron chi connectivity index (χ2n) is 7.49. The van der Waals surface area contributed by atoms with Crippen molar-refractivity contribution in [2.45, 2.75) is 67.7 Å². The first-order valence-electron chi connectivity index (χ1n) is 7.76. The molecule has 22 heavy (non-hydrogen) atoms. The van der Waals surface area contributed by atoms with Gasteiger partial charge in [-0.25, -0.2) is 0 Å². The fourth-order valence-electron chi connectivity index (χ4n) is 1.73. The molecule has 4 heteroatoms. The number of carbonyl (C=O) groups is 1. The average Bonchev–Trinajstić information content (AvgIpc) is 2.31. The second kappa shape index (κ2) is 13.7. The number of hydrogen-bond acceptors (Lipinski definition) is 3. The van der Waals surface area contributed by atoms with Crippen LogP contribution < -0.4 is 0 Å². The van der Waals surface area contributed by atoms with Crippen LogP contribution >= 0.6 is 0 Å². The van der Waals surface area contributed by atoms with Gasteiger partial charge in [0.15, 0.2) is 0 Å². The molecule has 0 heterocycles. The fraction of sp³-hybridized carbons (Fsp3) is 0.778. The zero-order valence-electron chi connectivity index (χ0n) is 15.7. The second-order valence-corrected chi connectivity index (χ2v) is 7.49. The van der Waals surface area contributed by atoms with Gasteiger partial charge in [-0.15, -0.1) is 11.1 Å². The van der Waals surface area contributed by atoms with Crippen molar-refractivity contribution in [2.24, 2.45) is 21.9 Å². The van der Waals surface area contributed by atoms with Crippen LogP contribution in [0.5, 0.6) is 0 Å². The minimum absolute atomic E-state index is 0. The van der Waals surface area contributed by atoms with E-state index in [0.29, 0.717) is 6.61 Å². The molecule has 0 saturated carbocycles. The minimum Gasteiger partial charge on any atom is -0.429 e. The summed E-state index contributed by atoms with van der Waals surface area (Å²) in [6.45, 7) is 22.2. The first-order chi connectivity index (χ1) is 9.45. The summed E-state index contributed by atoms with van der Waals surface area (Å²) < 4.78 is 0. The van der Waals surface area contributed by atoms with Gasteiger partial charge in [-0.2, -0.15) is 0 Å². The van der Waals surface area contributed by atoms with Gasteiger partial charge >= 0.3 is 0 Å². The maximum absolute atomic E-state index is 11.8. The molecule has 0 spiro atoms. The van der Waals surface area contributed by atoms with Crippen LogP contribution in [0.2, 0.25) is 0 Å². The molecular formula is C18H35NO2Y-2. The largest absolute Gasteiger partial charge is 0.429 e. The van der Waals surface area contributed by atoms with E-state index in [9.17, 15) is 4.79 Å². The normalized spacial score (nSPS) is 13.0. The fourth-order valence-corrected chi connectivity index (χ4v) is 1.73. The van der Waals surface area contributed by atoms with Crippen LogP contribution in [-0.4, -0.2) is 18.6 Å². The summed E-state index contributed by atoms with van der Waals surface area (Å²) in [5.41, 5.74) is -0.0645. The third kappa shape index (κ3) is 18.3. The van der Waals surface area contributed by atoms with Crippen LogP contribution in [0.3, 0.4) is 0 Å². The SMILES string of the molecule is [CH2-]C(CC(C)(C)C)C(=O)C(C)(C)C.[CH2-]CO/N=C/CCC.[Y]. The summed E-state index contributed by atoms with van der Waals surface area (Å²) in [5.74, 6) is 0.197. The van der Waals surface area contributed by atoms with Crippen molar-refractivity contribution >= 4 is 12.0 Å². The number of ketones is 1. The number of rotatable bonds is 6. The Balaban J connectivity index is -0.000000348. The van der Waals surface area contributed by atoms with Gasteiger partial charge in [0.1, 0.15) is 5.78 Å². The predicted molar refractivity (Wildman–Crippen MR) is 92.1 cm³/mol. The molecule has 0 aliphatic rings. The van der Waals surface area contributed by atoms with Crippen LogP contribution in [0.25, 0.3) is 0 Å². The van der Waals surface area contributed by atoms with Gasteiger partial charge < -0.3 is 23.5 Å². The van der Waals surface area contributed by atoms with E-state index in [1.807, 2.05) is 20.8 Å². The first kappa shape index (κ1) is 27.1. The molecule has 1 unspecified atom stereocenters. The molecule has 1 atom stereocenters.